The first-order valence-corrected chi connectivity index (χ1v) is 21.4. The maximum Gasteiger partial charge on any atom is 0.295 e. The molecule has 0 spiro atoms. The van der Waals surface area contributed by atoms with Gasteiger partial charge in [-0.25, -0.2) is 0 Å². The summed E-state index contributed by atoms with van der Waals surface area (Å²) in [6.45, 7) is 11.3. The highest BCUT2D eigenvalue weighted by molar-refractivity contribution is 7.86. The molecule has 7 aromatic rings. The van der Waals surface area contributed by atoms with Crippen LogP contribution in [0.5, 0.6) is 11.5 Å². The summed E-state index contributed by atoms with van der Waals surface area (Å²) >= 11 is 8.50. The van der Waals surface area contributed by atoms with E-state index in [1.807, 2.05) is 0 Å². The van der Waals surface area contributed by atoms with Crippen LogP contribution in [0.25, 0.3) is 52.2 Å². The van der Waals surface area contributed by atoms with Gasteiger partial charge in [0, 0.05) is 82.0 Å². The molecule has 10 heteroatoms. The van der Waals surface area contributed by atoms with E-state index in [0.29, 0.717) is 33.9 Å². The second-order valence-electron chi connectivity index (χ2n) is 15.6. The third-order valence-electron chi connectivity index (χ3n) is 12.1. The molecule has 0 saturated carbocycles. The SMILES string of the molecule is CC1=c2cc3c(cc2-c2sc4ccccc4c2C1(C)C)=C(c1cc(N=C=S)ccc1S(=O)(=O)O)c1cc2c(cc1O3)N(C)C(C)(C)c1c-2sc2ccccc12. The zero-order valence-electron chi connectivity index (χ0n) is 30.9. The molecule has 1 aliphatic carbocycles. The first-order chi connectivity index (χ1) is 26.2. The molecule has 2 aliphatic heterocycles. The Kier molecular flexibility index (Phi) is 7.26. The summed E-state index contributed by atoms with van der Waals surface area (Å²) in [6, 6.07) is 30.1. The van der Waals surface area contributed by atoms with Crippen LogP contribution in [0.2, 0.25) is 0 Å². The maximum atomic E-state index is 13.2. The topological polar surface area (TPSA) is 79.2 Å². The summed E-state index contributed by atoms with van der Waals surface area (Å²) in [5, 5.41) is 6.68. The fourth-order valence-electron chi connectivity index (χ4n) is 8.97. The minimum absolute atomic E-state index is 0.229. The van der Waals surface area contributed by atoms with Crippen molar-refractivity contribution >= 4 is 92.9 Å². The predicted octanol–water partition coefficient (Wildman–Crippen LogP) is 10.9. The van der Waals surface area contributed by atoms with Crippen LogP contribution < -0.4 is 20.1 Å². The van der Waals surface area contributed by atoms with Gasteiger partial charge in [0.15, 0.2) is 0 Å². The van der Waals surface area contributed by atoms with Crippen LogP contribution in [0.1, 0.15) is 56.9 Å². The van der Waals surface area contributed by atoms with Gasteiger partial charge in [-0.3, -0.25) is 4.55 Å². The molecule has 6 nitrogen and oxygen atoms in total. The molecule has 0 radical (unpaired) electrons. The van der Waals surface area contributed by atoms with E-state index >= 15 is 0 Å². The normalized spacial score (nSPS) is 16.0. The molecular formula is C45H34N2O4S4. The van der Waals surface area contributed by atoms with E-state index in [1.165, 1.54) is 53.9 Å². The number of thiophene rings is 2. The average molecular weight is 795 g/mol. The predicted molar refractivity (Wildman–Crippen MR) is 230 cm³/mol. The Morgan fingerprint density at radius 2 is 1.42 bits per heavy atom. The molecular weight excluding hydrogens is 761 g/mol. The van der Waals surface area contributed by atoms with Crippen molar-refractivity contribution in [2.75, 3.05) is 11.9 Å². The number of nitrogens with zero attached hydrogens (tertiary/aromatic N) is 2. The highest BCUT2D eigenvalue weighted by atomic mass is 32.2. The lowest BCUT2D eigenvalue weighted by molar-refractivity contribution is 0.468. The fourth-order valence-corrected chi connectivity index (χ4v) is 12.5. The monoisotopic (exact) mass is 794 g/mol. The molecule has 0 atom stereocenters. The van der Waals surface area contributed by atoms with Crippen LogP contribution in [0.4, 0.5) is 11.4 Å². The van der Waals surface area contributed by atoms with E-state index in [4.69, 9.17) is 17.0 Å². The standard InChI is InChI=1S/C45H34N2O4S4/c1-23-27-20-34-30(18-28(27)42-40(44(23,2)3)25-11-7-9-13-36(25)53-42)39(32-17-24(46-22-52)15-16-38(32)55(48,49)50)31-19-29-33(21-35(31)51-34)47(6)45(4,5)41-26-12-8-10-14-37(26)54-43(29)41/h7-21H,1-6H3,(H,48,49,50). The summed E-state index contributed by atoms with van der Waals surface area (Å²) < 4.78 is 46.6. The number of aliphatic imine (C=N–C) groups is 1. The Morgan fingerprint density at radius 3 is 2.09 bits per heavy atom. The Hall–Kier alpha value is -4.93. The minimum Gasteiger partial charge on any atom is -0.456 e. The van der Waals surface area contributed by atoms with Crippen LogP contribution in [-0.4, -0.2) is 25.2 Å². The summed E-state index contributed by atoms with van der Waals surface area (Å²) in [6.07, 6.45) is 0. The minimum atomic E-state index is -4.69. The molecule has 10 rings (SSSR count). The highest BCUT2D eigenvalue weighted by Gasteiger charge is 2.41. The van der Waals surface area contributed by atoms with Crippen molar-refractivity contribution in [3.63, 3.8) is 0 Å². The molecule has 3 aliphatic rings. The molecule has 55 heavy (non-hydrogen) atoms. The number of ether oxygens (including phenoxy) is 1. The summed E-state index contributed by atoms with van der Waals surface area (Å²) in [5.41, 5.74) is 8.31. The van der Waals surface area contributed by atoms with E-state index in [9.17, 15) is 13.0 Å². The quantitative estimate of drug-likeness (QED) is 0.109. The van der Waals surface area contributed by atoms with Crippen molar-refractivity contribution in [2.24, 2.45) is 4.99 Å². The van der Waals surface area contributed by atoms with Crippen LogP contribution in [0, 0.1) is 0 Å². The summed E-state index contributed by atoms with van der Waals surface area (Å²) in [4.78, 5) is 8.65. The number of rotatable bonds is 3. The van der Waals surface area contributed by atoms with Crippen molar-refractivity contribution in [1.82, 2.24) is 0 Å². The Balaban J connectivity index is 1.38. The van der Waals surface area contributed by atoms with Crippen molar-refractivity contribution < 1.29 is 17.7 Å². The van der Waals surface area contributed by atoms with Gasteiger partial charge in [-0.2, -0.15) is 13.4 Å². The van der Waals surface area contributed by atoms with Gasteiger partial charge in [-0.15, -0.1) is 22.7 Å². The van der Waals surface area contributed by atoms with Gasteiger partial charge in [-0.1, -0.05) is 55.8 Å². The van der Waals surface area contributed by atoms with Gasteiger partial charge >= 0.3 is 0 Å². The van der Waals surface area contributed by atoms with E-state index in [0.717, 1.165) is 32.1 Å². The largest absolute Gasteiger partial charge is 0.456 e. The number of hydrogen-bond donors (Lipinski definition) is 1. The average Bonchev–Trinajstić information content (AvgIpc) is 3.75. The molecule has 4 heterocycles. The van der Waals surface area contributed by atoms with Gasteiger partial charge in [0.25, 0.3) is 10.1 Å². The molecule has 0 unspecified atom stereocenters. The molecule has 0 fully saturated rings. The Bertz CT molecular complexity index is 3200. The summed E-state index contributed by atoms with van der Waals surface area (Å²) in [5.74, 6) is 1.19. The van der Waals surface area contributed by atoms with Crippen LogP contribution in [0.15, 0.2) is 101 Å². The number of thiocarbonyl (C=S) groups is 1. The van der Waals surface area contributed by atoms with Crippen molar-refractivity contribution in [3.05, 3.63) is 124 Å². The van der Waals surface area contributed by atoms with E-state index < -0.39 is 10.1 Å². The number of hydrogen-bond acceptors (Lipinski definition) is 8. The molecule has 5 aromatic carbocycles. The Labute approximate surface area is 332 Å². The van der Waals surface area contributed by atoms with Gasteiger partial charge in [0.1, 0.15) is 16.4 Å². The fraction of sp³-hybridized carbons (Fsp3) is 0.178. The first-order valence-electron chi connectivity index (χ1n) is 17.9. The van der Waals surface area contributed by atoms with Crippen LogP contribution in [0.3, 0.4) is 0 Å². The Morgan fingerprint density at radius 1 is 0.764 bits per heavy atom. The smallest absolute Gasteiger partial charge is 0.295 e. The molecule has 0 amide bonds. The van der Waals surface area contributed by atoms with E-state index in [1.54, 1.807) is 28.7 Å². The molecule has 2 aromatic heterocycles. The van der Waals surface area contributed by atoms with Crippen molar-refractivity contribution in [3.8, 4) is 32.4 Å². The molecule has 1 N–H and O–H groups in total. The lowest BCUT2D eigenvalue weighted by Gasteiger charge is -2.43. The lowest BCUT2D eigenvalue weighted by atomic mass is 9.71. The number of fused-ring (bicyclic) bond motifs is 12. The van der Waals surface area contributed by atoms with Crippen molar-refractivity contribution in [1.29, 1.82) is 0 Å². The van der Waals surface area contributed by atoms with Gasteiger partial charge < -0.3 is 9.64 Å². The molecule has 0 saturated heterocycles. The highest BCUT2D eigenvalue weighted by Crippen LogP contribution is 2.56. The molecule has 272 valence electrons. The van der Waals surface area contributed by atoms with Gasteiger partial charge in [0.05, 0.1) is 16.4 Å². The third kappa shape index (κ3) is 4.76. The van der Waals surface area contributed by atoms with Crippen molar-refractivity contribution in [2.45, 2.75) is 50.5 Å². The first kappa shape index (κ1) is 34.6. The van der Waals surface area contributed by atoms with Crippen LogP contribution >= 0.6 is 34.9 Å². The zero-order chi connectivity index (χ0) is 38.3. The second-order valence-corrected chi connectivity index (χ2v) is 19.2. The van der Waals surface area contributed by atoms with Crippen LogP contribution in [-0.2, 0) is 21.1 Å². The van der Waals surface area contributed by atoms with Gasteiger partial charge in [0.2, 0.25) is 0 Å². The number of benzene rings is 5. The molecule has 0 bridgehead atoms. The third-order valence-corrected chi connectivity index (χ3v) is 15.5. The van der Waals surface area contributed by atoms with E-state index in [-0.39, 0.29) is 15.8 Å². The maximum absolute atomic E-state index is 13.2. The summed E-state index contributed by atoms with van der Waals surface area (Å²) in [7, 11) is -2.58. The number of isothiocyanates is 1. The van der Waals surface area contributed by atoms with Gasteiger partial charge in [-0.05, 0) is 103 Å². The zero-order valence-corrected chi connectivity index (χ0v) is 34.1. The van der Waals surface area contributed by atoms with E-state index in [2.05, 4.69) is 130 Å². The number of anilines is 1. The lowest BCUT2D eigenvalue weighted by Crippen LogP contribution is -2.41. The second kappa shape index (κ2) is 11.6.